The van der Waals surface area contributed by atoms with Gasteiger partial charge in [0.1, 0.15) is 0 Å². The topological polar surface area (TPSA) is 84.9 Å². The highest BCUT2D eigenvalue weighted by atomic mass is 32.2. The fourth-order valence-corrected chi connectivity index (χ4v) is 6.62. The number of rotatable bonds is 11. The number of nitrogens with one attached hydrogen (secondary N) is 1. The number of nitrogens with zero attached hydrogens (tertiary/aromatic N) is 1. The number of amides is 1. The van der Waals surface area contributed by atoms with Gasteiger partial charge >= 0.3 is 0 Å². The molecule has 39 heavy (non-hydrogen) atoms. The molecule has 0 saturated heterocycles. The molecule has 7 nitrogen and oxygen atoms in total. The van der Waals surface area contributed by atoms with Gasteiger partial charge in [0.15, 0.2) is 11.5 Å². The Morgan fingerprint density at radius 1 is 0.872 bits per heavy atom. The first-order valence-corrected chi connectivity index (χ1v) is 14.8. The highest BCUT2D eigenvalue weighted by Crippen LogP contribution is 2.34. The first-order chi connectivity index (χ1) is 18.8. The van der Waals surface area contributed by atoms with E-state index in [1.807, 2.05) is 61.5 Å². The van der Waals surface area contributed by atoms with Crippen molar-refractivity contribution in [3.05, 3.63) is 89.5 Å². The molecular weight excluding hydrogens is 512 g/mol. The largest absolute Gasteiger partial charge is 0.493 e. The van der Waals surface area contributed by atoms with E-state index in [1.165, 1.54) is 25.8 Å². The maximum absolute atomic E-state index is 13.9. The fraction of sp³-hybridized carbons (Fsp3) is 0.387. The highest BCUT2D eigenvalue weighted by molar-refractivity contribution is 7.89. The summed E-state index contributed by atoms with van der Waals surface area (Å²) in [5.41, 5.74) is 3.20. The van der Waals surface area contributed by atoms with Crippen LogP contribution in [0.4, 0.5) is 0 Å². The Morgan fingerprint density at radius 3 is 2.18 bits per heavy atom. The zero-order valence-corrected chi connectivity index (χ0v) is 23.7. The number of hydrogen-bond donors (Lipinski definition) is 1. The van der Waals surface area contributed by atoms with Crippen LogP contribution in [-0.2, 0) is 27.9 Å². The van der Waals surface area contributed by atoms with Crippen LogP contribution in [0.1, 0.15) is 42.4 Å². The molecule has 0 spiro atoms. The van der Waals surface area contributed by atoms with E-state index in [-0.39, 0.29) is 29.2 Å². The van der Waals surface area contributed by atoms with Gasteiger partial charge in [0.25, 0.3) is 0 Å². The smallest absolute Gasteiger partial charge is 0.243 e. The predicted octanol–water partition coefficient (Wildman–Crippen LogP) is 5.33. The van der Waals surface area contributed by atoms with Crippen molar-refractivity contribution in [1.82, 2.24) is 9.62 Å². The summed E-state index contributed by atoms with van der Waals surface area (Å²) in [6.07, 6.45) is 3.10. The molecule has 208 valence electrons. The van der Waals surface area contributed by atoms with Gasteiger partial charge in [-0.2, -0.15) is 4.31 Å². The third-order valence-corrected chi connectivity index (χ3v) is 9.27. The molecule has 0 unspecified atom stereocenters. The molecule has 0 aliphatic heterocycles. The van der Waals surface area contributed by atoms with Gasteiger partial charge in [0, 0.05) is 31.6 Å². The predicted molar refractivity (Wildman–Crippen MR) is 152 cm³/mol. The third kappa shape index (κ3) is 7.40. The lowest BCUT2D eigenvalue weighted by Crippen LogP contribution is -2.38. The van der Waals surface area contributed by atoms with Gasteiger partial charge < -0.3 is 14.8 Å². The summed E-state index contributed by atoms with van der Waals surface area (Å²) >= 11 is 0. The van der Waals surface area contributed by atoms with Crippen LogP contribution in [0.2, 0.25) is 0 Å². The van der Waals surface area contributed by atoms with E-state index in [2.05, 4.69) is 5.32 Å². The number of methoxy groups -OCH3 is 2. The number of carbonyl (C=O) groups is 1. The summed E-state index contributed by atoms with van der Waals surface area (Å²) in [5.74, 6) is 1.05. The summed E-state index contributed by atoms with van der Waals surface area (Å²) in [4.78, 5) is 13.0. The Hall–Kier alpha value is -3.36. The summed E-state index contributed by atoms with van der Waals surface area (Å²) in [5, 5.41) is 3.07. The van der Waals surface area contributed by atoms with Gasteiger partial charge in [-0.1, -0.05) is 60.2 Å². The average Bonchev–Trinajstić information content (AvgIpc) is 2.96. The Kier molecular flexibility index (Phi) is 9.64. The van der Waals surface area contributed by atoms with E-state index in [0.29, 0.717) is 24.6 Å². The van der Waals surface area contributed by atoms with Crippen molar-refractivity contribution in [2.75, 3.05) is 20.8 Å². The minimum atomic E-state index is -3.81. The summed E-state index contributed by atoms with van der Waals surface area (Å²) in [6, 6.07) is 22.5. The summed E-state index contributed by atoms with van der Waals surface area (Å²) in [7, 11) is -0.798. The lowest BCUT2D eigenvalue weighted by molar-refractivity contribution is -0.126. The van der Waals surface area contributed by atoms with Gasteiger partial charge in [-0.05, 0) is 61.8 Å². The van der Waals surface area contributed by atoms with E-state index in [4.69, 9.17) is 9.47 Å². The van der Waals surface area contributed by atoms with E-state index in [0.717, 1.165) is 36.8 Å². The van der Waals surface area contributed by atoms with Gasteiger partial charge in [0.2, 0.25) is 15.9 Å². The van der Waals surface area contributed by atoms with Gasteiger partial charge in [-0.15, -0.1) is 0 Å². The molecule has 1 amide bonds. The quantitative estimate of drug-likeness (QED) is 0.349. The molecule has 1 aliphatic carbocycles. The van der Waals surface area contributed by atoms with Gasteiger partial charge in [-0.3, -0.25) is 4.79 Å². The van der Waals surface area contributed by atoms with E-state index < -0.39 is 10.0 Å². The lowest BCUT2D eigenvalue weighted by Gasteiger charge is -2.32. The normalized spacial score (nSPS) is 17.5. The molecule has 4 rings (SSSR count). The SMILES string of the molecule is COc1ccc(S(=O)(=O)N(Cc2ccccc2)CC2CCC(C(=O)NCc3ccc(C)cc3)CC2)cc1OC. The van der Waals surface area contributed by atoms with Crippen molar-refractivity contribution >= 4 is 15.9 Å². The minimum absolute atomic E-state index is 0.0447. The Labute approximate surface area is 232 Å². The van der Waals surface area contributed by atoms with E-state index in [9.17, 15) is 13.2 Å². The number of ether oxygens (including phenoxy) is 2. The van der Waals surface area contributed by atoms with Crippen molar-refractivity contribution in [1.29, 1.82) is 0 Å². The van der Waals surface area contributed by atoms with Gasteiger partial charge in [-0.25, -0.2) is 8.42 Å². The zero-order valence-electron chi connectivity index (χ0n) is 22.9. The molecule has 0 aromatic heterocycles. The molecule has 3 aromatic carbocycles. The molecular formula is C31H38N2O5S. The fourth-order valence-electron chi connectivity index (χ4n) is 5.10. The molecule has 3 aromatic rings. The monoisotopic (exact) mass is 550 g/mol. The third-order valence-electron chi connectivity index (χ3n) is 7.46. The van der Waals surface area contributed by atoms with Crippen molar-refractivity contribution in [2.24, 2.45) is 11.8 Å². The average molecular weight is 551 g/mol. The zero-order chi connectivity index (χ0) is 27.8. The molecule has 1 aliphatic rings. The Balaban J connectivity index is 1.43. The van der Waals surface area contributed by atoms with Crippen LogP contribution >= 0.6 is 0 Å². The van der Waals surface area contributed by atoms with Crippen LogP contribution in [0, 0.1) is 18.8 Å². The summed E-state index contributed by atoms with van der Waals surface area (Å²) < 4.78 is 39.9. The van der Waals surface area contributed by atoms with Crippen LogP contribution in [0.5, 0.6) is 11.5 Å². The first-order valence-electron chi connectivity index (χ1n) is 13.4. The van der Waals surface area contributed by atoms with Crippen molar-refractivity contribution < 1.29 is 22.7 Å². The van der Waals surface area contributed by atoms with Crippen LogP contribution in [0.3, 0.4) is 0 Å². The first kappa shape index (κ1) is 28.6. The second kappa shape index (κ2) is 13.1. The number of benzene rings is 3. The Bertz CT molecular complexity index is 1340. The second-order valence-electron chi connectivity index (χ2n) is 10.2. The van der Waals surface area contributed by atoms with Crippen LogP contribution < -0.4 is 14.8 Å². The van der Waals surface area contributed by atoms with E-state index >= 15 is 0 Å². The van der Waals surface area contributed by atoms with Crippen molar-refractivity contribution in [2.45, 2.75) is 50.6 Å². The van der Waals surface area contributed by atoms with E-state index in [1.54, 1.807) is 16.4 Å². The molecule has 1 saturated carbocycles. The molecule has 0 heterocycles. The molecule has 1 N–H and O–H groups in total. The maximum Gasteiger partial charge on any atom is 0.243 e. The standard InChI is InChI=1S/C31H38N2O5S/c1-23-9-11-24(12-10-23)20-32-31(34)27-15-13-26(14-16-27)22-33(21-25-7-5-4-6-8-25)39(35,36)28-17-18-29(37-2)30(19-28)38-3/h4-12,17-19,26-27H,13-16,20-22H2,1-3H3,(H,32,34). The minimum Gasteiger partial charge on any atom is -0.493 e. The second-order valence-corrected chi connectivity index (χ2v) is 12.2. The molecule has 0 bridgehead atoms. The lowest BCUT2D eigenvalue weighted by atomic mass is 9.81. The number of aryl methyl sites for hydroxylation is 1. The van der Waals surface area contributed by atoms with Crippen molar-refractivity contribution in [3.8, 4) is 11.5 Å². The molecule has 0 atom stereocenters. The molecule has 0 radical (unpaired) electrons. The van der Waals surface area contributed by atoms with Gasteiger partial charge in [0.05, 0.1) is 19.1 Å². The van der Waals surface area contributed by atoms with Crippen LogP contribution in [0.15, 0.2) is 77.7 Å². The maximum atomic E-state index is 13.9. The number of hydrogen-bond acceptors (Lipinski definition) is 5. The molecule has 1 fully saturated rings. The Morgan fingerprint density at radius 2 is 1.54 bits per heavy atom. The highest BCUT2D eigenvalue weighted by Gasteiger charge is 2.32. The number of carbonyl (C=O) groups excluding carboxylic acids is 1. The van der Waals surface area contributed by atoms with Crippen LogP contribution in [-0.4, -0.2) is 39.4 Å². The number of sulfonamides is 1. The summed E-state index contributed by atoms with van der Waals surface area (Å²) in [6.45, 7) is 3.23. The molecule has 8 heteroatoms. The van der Waals surface area contributed by atoms with Crippen LogP contribution in [0.25, 0.3) is 0 Å². The van der Waals surface area contributed by atoms with Crippen molar-refractivity contribution in [3.63, 3.8) is 0 Å².